The van der Waals surface area contributed by atoms with Crippen LogP contribution in [-0.4, -0.2) is 60.6 Å². The number of non-ortho nitro benzene ring substituents is 1. The van der Waals surface area contributed by atoms with Gasteiger partial charge < -0.3 is 14.2 Å². The van der Waals surface area contributed by atoms with Crippen molar-refractivity contribution in [1.82, 2.24) is 10.4 Å². The van der Waals surface area contributed by atoms with Crippen LogP contribution in [0, 0.1) is 10.1 Å². The molecule has 0 aromatic heterocycles. The zero-order valence-corrected chi connectivity index (χ0v) is 19.0. The highest BCUT2D eigenvalue weighted by atomic mass is 16.6. The topological polar surface area (TPSA) is 158 Å². The van der Waals surface area contributed by atoms with Gasteiger partial charge in [0.1, 0.15) is 17.5 Å². The number of methoxy groups -OCH3 is 2. The fourth-order valence-corrected chi connectivity index (χ4v) is 3.44. The minimum atomic E-state index is -1.42. The van der Waals surface area contributed by atoms with Crippen molar-refractivity contribution in [2.45, 2.75) is 19.4 Å². The Labute approximate surface area is 199 Å². The molecule has 0 bridgehead atoms. The van der Waals surface area contributed by atoms with Gasteiger partial charge in [-0.25, -0.2) is 20.1 Å². The first kappa shape index (κ1) is 25.0. The summed E-state index contributed by atoms with van der Waals surface area (Å²) in [6.45, 7) is 1.53. The third-order valence-corrected chi connectivity index (χ3v) is 5.09. The van der Waals surface area contributed by atoms with Crippen LogP contribution in [0.1, 0.15) is 23.7 Å². The summed E-state index contributed by atoms with van der Waals surface area (Å²) in [4.78, 5) is 62.7. The molecule has 4 amide bonds. The molecule has 1 heterocycles. The molecule has 13 heteroatoms. The number of hydrogen-bond donors (Lipinski definition) is 1. The average molecular weight is 486 g/mol. The third-order valence-electron chi connectivity index (χ3n) is 5.09. The number of amides is 4. The lowest BCUT2D eigenvalue weighted by Gasteiger charge is -2.27. The molecule has 0 aliphatic carbocycles. The second-order valence-electron chi connectivity index (χ2n) is 7.14. The number of anilines is 1. The van der Waals surface area contributed by atoms with Gasteiger partial charge in [0.05, 0.1) is 37.9 Å². The Morgan fingerprint density at radius 3 is 2.40 bits per heavy atom. The van der Waals surface area contributed by atoms with Crippen LogP contribution in [0.4, 0.5) is 16.2 Å². The quantitative estimate of drug-likeness (QED) is 0.351. The molecule has 1 fully saturated rings. The normalized spacial score (nSPS) is 14.9. The molecule has 35 heavy (non-hydrogen) atoms. The van der Waals surface area contributed by atoms with Crippen LogP contribution < -0.4 is 19.8 Å². The van der Waals surface area contributed by atoms with Crippen molar-refractivity contribution in [2.75, 3.05) is 25.7 Å². The van der Waals surface area contributed by atoms with E-state index in [0.29, 0.717) is 10.8 Å². The summed E-state index contributed by atoms with van der Waals surface area (Å²) in [5.41, 5.74) is 2.02. The van der Waals surface area contributed by atoms with E-state index in [2.05, 4.69) is 5.43 Å². The maximum absolute atomic E-state index is 13.3. The van der Waals surface area contributed by atoms with Gasteiger partial charge in [-0.2, -0.15) is 0 Å². The lowest BCUT2D eigenvalue weighted by atomic mass is 10.1. The van der Waals surface area contributed by atoms with Crippen molar-refractivity contribution in [3.05, 3.63) is 58.1 Å². The zero-order chi connectivity index (χ0) is 25.7. The smallest absolute Gasteiger partial charge is 0.426 e. The van der Waals surface area contributed by atoms with Crippen LogP contribution in [0.3, 0.4) is 0 Å². The molecule has 1 aliphatic rings. The van der Waals surface area contributed by atoms with Crippen molar-refractivity contribution in [3.63, 3.8) is 0 Å². The van der Waals surface area contributed by atoms with Gasteiger partial charge in [0.15, 0.2) is 0 Å². The van der Waals surface area contributed by atoms with Crippen LogP contribution in [0.15, 0.2) is 42.5 Å². The van der Waals surface area contributed by atoms with E-state index >= 15 is 0 Å². The number of nitrogens with zero attached hydrogens (tertiary/aromatic N) is 3. The van der Waals surface area contributed by atoms with Gasteiger partial charge in [0, 0.05) is 23.8 Å². The summed E-state index contributed by atoms with van der Waals surface area (Å²) >= 11 is 0. The number of ether oxygens (including phenoxy) is 3. The number of rotatable bonds is 7. The van der Waals surface area contributed by atoms with Gasteiger partial charge in [-0.3, -0.25) is 24.5 Å². The number of benzene rings is 2. The number of carbonyl (C=O) groups is 4. The van der Waals surface area contributed by atoms with Crippen LogP contribution >= 0.6 is 0 Å². The van der Waals surface area contributed by atoms with E-state index in [1.165, 1.54) is 44.6 Å². The predicted molar refractivity (Wildman–Crippen MR) is 120 cm³/mol. The first-order chi connectivity index (χ1) is 16.7. The molecular formula is C22H22N4O9. The Hall–Kier alpha value is -4.68. The van der Waals surface area contributed by atoms with Gasteiger partial charge in [0.25, 0.3) is 17.5 Å². The molecule has 1 saturated heterocycles. The summed E-state index contributed by atoms with van der Waals surface area (Å²) in [5, 5.41) is 11.6. The molecule has 1 unspecified atom stereocenters. The van der Waals surface area contributed by atoms with E-state index in [1.54, 1.807) is 6.92 Å². The molecule has 0 saturated carbocycles. The SMILES string of the molecule is CCOC(=O)NN(C(=O)c1ccc([N+](=O)[O-])cc1)C1CC(=O)N(c2ccc(OC)cc2OC)C1=O. The molecule has 1 N–H and O–H groups in total. The van der Waals surface area contributed by atoms with Gasteiger partial charge in [-0.1, -0.05) is 0 Å². The van der Waals surface area contributed by atoms with E-state index in [-0.39, 0.29) is 29.3 Å². The van der Waals surface area contributed by atoms with Gasteiger partial charge in [-0.05, 0) is 31.2 Å². The second kappa shape index (κ2) is 10.5. The summed E-state index contributed by atoms with van der Waals surface area (Å²) in [6, 6.07) is 7.61. The molecule has 0 spiro atoms. The van der Waals surface area contributed by atoms with Crippen molar-refractivity contribution in [2.24, 2.45) is 0 Å². The number of nitrogens with one attached hydrogen (secondary N) is 1. The van der Waals surface area contributed by atoms with E-state index in [1.807, 2.05) is 0 Å². The molecule has 2 aromatic carbocycles. The lowest BCUT2D eigenvalue weighted by Crippen LogP contribution is -2.54. The molecule has 1 atom stereocenters. The number of hydrogen-bond acceptors (Lipinski definition) is 9. The van der Waals surface area contributed by atoms with Gasteiger partial charge in [0.2, 0.25) is 5.91 Å². The van der Waals surface area contributed by atoms with Crippen LogP contribution in [-0.2, 0) is 14.3 Å². The van der Waals surface area contributed by atoms with Crippen molar-refractivity contribution >= 4 is 35.2 Å². The molecule has 0 radical (unpaired) electrons. The Morgan fingerprint density at radius 1 is 1.14 bits per heavy atom. The Morgan fingerprint density at radius 2 is 1.83 bits per heavy atom. The standard InChI is InChI=1S/C22H22N4O9/c1-4-35-22(30)23-25(20(28)13-5-7-14(8-6-13)26(31)32)17-12-19(27)24(21(17)29)16-10-9-15(33-2)11-18(16)34-3/h5-11,17H,4,12H2,1-3H3,(H,23,30). The number of hydrazine groups is 1. The highest BCUT2D eigenvalue weighted by molar-refractivity contribution is 6.24. The van der Waals surface area contributed by atoms with Crippen LogP contribution in [0.25, 0.3) is 0 Å². The number of nitro benzene ring substituents is 1. The fraction of sp³-hybridized carbons (Fsp3) is 0.273. The lowest BCUT2D eigenvalue weighted by molar-refractivity contribution is -0.384. The number of carbonyl (C=O) groups excluding carboxylic acids is 4. The van der Waals surface area contributed by atoms with Crippen molar-refractivity contribution in [1.29, 1.82) is 0 Å². The Balaban J connectivity index is 1.97. The highest BCUT2D eigenvalue weighted by Crippen LogP contribution is 2.36. The van der Waals surface area contributed by atoms with Crippen LogP contribution in [0.2, 0.25) is 0 Å². The summed E-state index contributed by atoms with van der Waals surface area (Å²) in [5.74, 6) is -1.71. The number of nitro groups is 1. The molecule has 1 aliphatic heterocycles. The fourth-order valence-electron chi connectivity index (χ4n) is 3.44. The Bertz CT molecular complexity index is 1170. The Kier molecular flexibility index (Phi) is 7.49. The van der Waals surface area contributed by atoms with Gasteiger partial charge >= 0.3 is 6.09 Å². The van der Waals surface area contributed by atoms with Crippen molar-refractivity contribution in [3.8, 4) is 11.5 Å². The zero-order valence-electron chi connectivity index (χ0n) is 19.0. The van der Waals surface area contributed by atoms with Crippen LogP contribution in [0.5, 0.6) is 11.5 Å². The summed E-state index contributed by atoms with van der Waals surface area (Å²) < 4.78 is 15.2. The molecule has 184 valence electrons. The third kappa shape index (κ3) is 5.13. The number of imide groups is 1. The second-order valence-corrected chi connectivity index (χ2v) is 7.14. The molecule has 3 rings (SSSR count). The highest BCUT2D eigenvalue weighted by Gasteiger charge is 2.46. The maximum atomic E-state index is 13.3. The molecule has 2 aromatic rings. The first-order valence-corrected chi connectivity index (χ1v) is 10.3. The van der Waals surface area contributed by atoms with E-state index in [9.17, 15) is 29.3 Å². The summed E-state index contributed by atoms with van der Waals surface area (Å²) in [6.07, 6.45) is -1.47. The summed E-state index contributed by atoms with van der Waals surface area (Å²) in [7, 11) is 2.80. The maximum Gasteiger partial charge on any atom is 0.426 e. The van der Waals surface area contributed by atoms with Crippen molar-refractivity contribution < 1.29 is 38.3 Å². The first-order valence-electron chi connectivity index (χ1n) is 10.3. The molecular weight excluding hydrogens is 464 g/mol. The minimum Gasteiger partial charge on any atom is -0.497 e. The van der Waals surface area contributed by atoms with E-state index in [4.69, 9.17) is 14.2 Å². The predicted octanol–water partition coefficient (Wildman–Crippen LogP) is 2.05. The van der Waals surface area contributed by atoms with E-state index in [0.717, 1.165) is 17.0 Å². The minimum absolute atomic E-state index is 0.0158. The monoisotopic (exact) mass is 486 g/mol. The molecule has 13 nitrogen and oxygen atoms in total. The van der Waals surface area contributed by atoms with Gasteiger partial charge in [-0.15, -0.1) is 0 Å². The van der Waals surface area contributed by atoms with E-state index < -0.39 is 41.2 Å². The largest absolute Gasteiger partial charge is 0.497 e. The average Bonchev–Trinajstić information content (AvgIpc) is 3.15.